The van der Waals surface area contributed by atoms with Gasteiger partial charge in [0.2, 0.25) is 5.88 Å². The van der Waals surface area contributed by atoms with Crippen LogP contribution in [-0.2, 0) is 0 Å². The van der Waals surface area contributed by atoms with E-state index < -0.39 is 0 Å². The number of rotatable bonds is 7. The standard InChI is InChI=1S/C25H24N6O3S/c1-34-24-17(3-2-9-28-24)14-5-7-21(32)18(11-14)22-30-19-6-4-15(12-20(19)31-22)23(33)27-10-8-16-13-35-25(26)29-16/h2-7,9,11-12,16,32H,8,10,13H2,1H3,(H2,26,29)(H,27,33)(H,30,31). The molecule has 1 unspecified atom stereocenters. The van der Waals surface area contributed by atoms with Crippen LogP contribution in [0, 0.1) is 0 Å². The lowest BCUT2D eigenvalue weighted by Gasteiger charge is -2.09. The van der Waals surface area contributed by atoms with Crippen molar-refractivity contribution in [1.82, 2.24) is 20.3 Å². The van der Waals surface area contributed by atoms with E-state index in [2.05, 4.69) is 25.3 Å². The first-order valence-corrected chi connectivity index (χ1v) is 12.1. The minimum atomic E-state index is -0.167. The summed E-state index contributed by atoms with van der Waals surface area (Å²) in [6.45, 7) is 0.519. The highest BCUT2D eigenvalue weighted by Gasteiger charge is 2.17. The largest absolute Gasteiger partial charge is 0.507 e. The summed E-state index contributed by atoms with van der Waals surface area (Å²) in [5, 5.41) is 14.1. The normalized spacial score (nSPS) is 15.2. The number of hydrogen-bond acceptors (Lipinski definition) is 8. The number of aliphatic imine (C=N–C) groups is 1. The van der Waals surface area contributed by atoms with Gasteiger partial charge in [-0.15, -0.1) is 0 Å². The molecule has 10 heteroatoms. The van der Waals surface area contributed by atoms with Gasteiger partial charge in [0, 0.05) is 29.6 Å². The smallest absolute Gasteiger partial charge is 0.251 e. The number of amidine groups is 1. The third-order valence-electron chi connectivity index (χ3n) is 5.77. The maximum Gasteiger partial charge on any atom is 0.251 e. The van der Waals surface area contributed by atoms with Crippen molar-refractivity contribution in [3.63, 3.8) is 0 Å². The number of imidazole rings is 1. The predicted molar refractivity (Wildman–Crippen MR) is 138 cm³/mol. The summed E-state index contributed by atoms with van der Waals surface area (Å²) in [5.41, 5.74) is 9.77. The first-order valence-electron chi connectivity index (χ1n) is 11.1. The van der Waals surface area contributed by atoms with Gasteiger partial charge in [0.1, 0.15) is 11.6 Å². The van der Waals surface area contributed by atoms with Crippen LogP contribution in [0.1, 0.15) is 16.8 Å². The molecule has 3 heterocycles. The van der Waals surface area contributed by atoms with E-state index in [1.165, 1.54) is 0 Å². The van der Waals surface area contributed by atoms with Gasteiger partial charge in [-0.2, -0.15) is 0 Å². The van der Waals surface area contributed by atoms with Gasteiger partial charge in [0.05, 0.1) is 29.7 Å². The molecule has 1 atom stereocenters. The van der Waals surface area contributed by atoms with Gasteiger partial charge < -0.3 is 25.9 Å². The summed E-state index contributed by atoms with van der Waals surface area (Å²) < 4.78 is 5.37. The number of thioether (sulfide) groups is 1. The number of carbonyl (C=O) groups excluding carboxylic acids is 1. The third kappa shape index (κ3) is 4.78. The van der Waals surface area contributed by atoms with Crippen LogP contribution in [-0.4, -0.2) is 56.6 Å². The molecule has 35 heavy (non-hydrogen) atoms. The van der Waals surface area contributed by atoms with Gasteiger partial charge in [0.25, 0.3) is 5.91 Å². The van der Waals surface area contributed by atoms with Gasteiger partial charge in [-0.1, -0.05) is 17.8 Å². The van der Waals surface area contributed by atoms with E-state index in [1.807, 2.05) is 18.2 Å². The number of fused-ring (bicyclic) bond motifs is 1. The molecule has 9 nitrogen and oxygen atoms in total. The molecular weight excluding hydrogens is 464 g/mol. The maximum absolute atomic E-state index is 12.7. The molecule has 2 aromatic carbocycles. The average molecular weight is 489 g/mol. The van der Waals surface area contributed by atoms with Crippen molar-refractivity contribution in [3.05, 3.63) is 60.3 Å². The van der Waals surface area contributed by atoms with E-state index in [0.717, 1.165) is 23.3 Å². The van der Waals surface area contributed by atoms with Crippen LogP contribution in [0.25, 0.3) is 33.5 Å². The number of pyridine rings is 1. The quantitative estimate of drug-likeness (QED) is 0.312. The number of phenolic OH excluding ortho intramolecular Hbond substituents is 1. The molecule has 1 aliphatic heterocycles. The van der Waals surface area contributed by atoms with E-state index in [1.54, 1.807) is 55.4 Å². The Morgan fingerprint density at radius 1 is 1.26 bits per heavy atom. The molecule has 1 aliphatic rings. The van der Waals surface area contributed by atoms with Crippen LogP contribution < -0.4 is 15.8 Å². The second-order valence-electron chi connectivity index (χ2n) is 8.09. The second kappa shape index (κ2) is 9.67. The third-order valence-corrected chi connectivity index (χ3v) is 6.72. The Labute approximate surface area is 205 Å². The van der Waals surface area contributed by atoms with Gasteiger partial charge in [-0.25, -0.2) is 9.97 Å². The van der Waals surface area contributed by atoms with Crippen molar-refractivity contribution in [2.45, 2.75) is 12.5 Å². The zero-order valence-electron chi connectivity index (χ0n) is 19.0. The van der Waals surface area contributed by atoms with E-state index in [9.17, 15) is 9.90 Å². The predicted octanol–water partition coefficient (Wildman–Crippen LogP) is 3.56. The molecule has 2 aromatic heterocycles. The van der Waals surface area contributed by atoms with Crippen molar-refractivity contribution < 1.29 is 14.6 Å². The zero-order chi connectivity index (χ0) is 24.4. The highest BCUT2D eigenvalue weighted by molar-refractivity contribution is 8.14. The van der Waals surface area contributed by atoms with Gasteiger partial charge in [0.15, 0.2) is 5.17 Å². The van der Waals surface area contributed by atoms with Crippen LogP contribution in [0.4, 0.5) is 0 Å². The number of H-pyrrole nitrogens is 1. The second-order valence-corrected chi connectivity index (χ2v) is 9.13. The minimum absolute atomic E-state index is 0.0852. The lowest BCUT2D eigenvalue weighted by atomic mass is 10.0. The molecule has 0 spiro atoms. The van der Waals surface area contributed by atoms with E-state index in [0.29, 0.717) is 45.6 Å². The number of benzene rings is 2. The number of ether oxygens (including phenoxy) is 1. The number of aromatic hydroxyl groups is 1. The van der Waals surface area contributed by atoms with Crippen molar-refractivity contribution in [3.8, 4) is 34.1 Å². The molecular formula is C25H24N6O3S. The first kappa shape index (κ1) is 22.7. The molecule has 0 fully saturated rings. The topological polar surface area (TPSA) is 139 Å². The molecule has 0 saturated carbocycles. The van der Waals surface area contributed by atoms with Crippen LogP contribution in [0.5, 0.6) is 11.6 Å². The molecule has 5 N–H and O–H groups in total. The molecule has 0 bridgehead atoms. The van der Waals surface area contributed by atoms with Crippen molar-refractivity contribution in [2.75, 3.05) is 19.4 Å². The molecule has 4 aromatic rings. The van der Waals surface area contributed by atoms with E-state index in [4.69, 9.17) is 10.5 Å². The van der Waals surface area contributed by atoms with Crippen LogP contribution in [0.2, 0.25) is 0 Å². The van der Waals surface area contributed by atoms with E-state index in [-0.39, 0.29) is 17.7 Å². The highest BCUT2D eigenvalue weighted by atomic mass is 32.2. The van der Waals surface area contributed by atoms with Crippen LogP contribution >= 0.6 is 11.8 Å². The van der Waals surface area contributed by atoms with Crippen LogP contribution in [0.15, 0.2) is 59.7 Å². The Kier molecular flexibility index (Phi) is 6.28. The maximum atomic E-state index is 12.7. The summed E-state index contributed by atoms with van der Waals surface area (Å²) in [5.74, 6) is 1.76. The summed E-state index contributed by atoms with van der Waals surface area (Å²) in [4.78, 5) is 29.1. The lowest BCUT2D eigenvalue weighted by Crippen LogP contribution is -2.26. The summed E-state index contributed by atoms with van der Waals surface area (Å²) in [6, 6.07) is 14.4. The Hall–Kier alpha value is -4.05. The number of nitrogens with two attached hydrogens (primary N) is 1. The monoisotopic (exact) mass is 488 g/mol. The lowest BCUT2D eigenvalue weighted by molar-refractivity contribution is 0.0953. The SMILES string of the molecule is COc1ncccc1-c1ccc(O)c(-c2nc3ccc(C(=O)NCCC4CSC(N)=N4)cc3[nH]2)c1. The first-order chi connectivity index (χ1) is 17.0. The molecule has 0 radical (unpaired) electrons. The number of aromatic amines is 1. The Bertz CT molecular complexity index is 1430. The Morgan fingerprint density at radius 2 is 2.14 bits per heavy atom. The van der Waals surface area contributed by atoms with Crippen LogP contribution in [0.3, 0.4) is 0 Å². The van der Waals surface area contributed by atoms with Crippen molar-refractivity contribution in [2.24, 2.45) is 10.7 Å². The summed E-state index contributed by atoms with van der Waals surface area (Å²) >= 11 is 1.54. The molecule has 1 amide bonds. The summed E-state index contributed by atoms with van der Waals surface area (Å²) in [7, 11) is 1.57. The molecule has 178 valence electrons. The number of aromatic nitrogens is 3. The van der Waals surface area contributed by atoms with Crippen molar-refractivity contribution >= 4 is 33.9 Å². The number of nitrogens with one attached hydrogen (secondary N) is 2. The number of hydrogen-bond donors (Lipinski definition) is 4. The molecule has 0 aliphatic carbocycles. The number of amides is 1. The fourth-order valence-electron chi connectivity index (χ4n) is 3.98. The zero-order valence-corrected chi connectivity index (χ0v) is 19.8. The van der Waals surface area contributed by atoms with Gasteiger partial charge in [-0.3, -0.25) is 9.79 Å². The Morgan fingerprint density at radius 3 is 2.94 bits per heavy atom. The summed E-state index contributed by atoms with van der Waals surface area (Å²) in [6.07, 6.45) is 2.40. The fraction of sp³-hybridized carbons (Fsp3) is 0.200. The number of nitrogens with zero attached hydrogens (tertiary/aromatic N) is 3. The minimum Gasteiger partial charge on any atom is -0.507 e. The van der Waals surface area contributed by atoms with E-state index >= 15 is 0 Å². The number of methoxy groups -OCH3 is 1. The average Bonchev–Trinajstić information content (AvgIpc) is 3.49. The number of phenols is 1. The Balaban J connectivity index is 1.37. The van der Waals surface area contributed by atoms with Gasteiger partial charge in [-0.05, 0) is 54.4 Å². The fourth-order valence-corrected chi connectivity index (χ4v) is 4.81. The van der Waals surface area contributed by atoms with Crippen molar-refractivity contribution in [1.29, 1.82) is 0 Å². The highest BCUT2D eigenvalue weighted by Crippen LogP contribution is 2.35. The molecule has 0 saturated heterocycles. The number of carbonyl (C=O) groups is 1. The molecule has 5 rings (SSSR count). The van der Waals surface area contributed by atoms with Gasteiger partial charge >= 0.3 is 0 Å².